The van der Waals surface area contributed by atoms with Crippen LogP contribution in [0, 0.1) is 11.3 Å². The molecule has 13 heteroatoms. The van der Waals surface area contributed by atoms with Crippen molar-refractivity contribution < 1.29 is 21.6 Å². The van der Waals surface area contributed by atoms with E-state index in [1.54, 1.807) is 0 Å². The summed E-state index contributed by atoms with van der Waals surface area (Å²) in [5.74, 6) is -0.171. The normalized spacial score (nSPS) is 12.2. The highest BCUT2D eigenvalue weighted by atomic mass is 32.2. The second kappa shape index (κ2) is 7.41. The first-order valence-corrected chi connectivity index (χ1v) is 10.8. The minimum Gasteiger partial charge on any atom is -0.324 e. The molecule has 0 fully saturated rings. The van der Waals surface area contributed by atoms with E-state index in [2.05, 4.69) is 20.1 Å². The lowest BCUT2D eigenvalue weighted by Gasteiger charge is -2.11. The molecule has 4 aromatic heterocycles. The third kappa shape index (κ3) is 3.58. The van der Waals surface area contributed by atoms with E-state index < -0.39 is 21.7 Å². The van der Waals surface area contributed by atoms with Crippen LogP contribution in [0.1, 0.15) is 18.2 Å². The van der Waals surface area contributed by atoms with E-state index in [1.165, 1.54) is 47.9 Å². The van der Waals surface area contributed by atoms with Crippen LogP contribution in [-0.4, -0.2) is 43.5 Å². The number of hydrogen-bond acceptors (Lipinski definition) is 7. The zero-order chi connectivity index (χ0) is 23.3. The highest BCUT2D eigenvalue weighted by Gasteiger charge is 2.33. The van der Waals surface area contributed by atoms with E-state index in [0.29, 0.717) is 5.69 Å². The van der Waals surface area contributed by atoms with Crippen molar-refractivity contribution in [3.63, 3.8) is 0 Å². The Morgan fingerprint density at radius 1 is 1.16 bits per heavy atom. The highest BCUT2D eigenvalue weighted by molar-refractivity contribution is 7.91. The molecule has 4 rings (SSSR count). The summed E-state index contributed by atoms with van der Waals surface area (Å²) in [6.45, 7) is 1.46. The fourth-order valence-corrected chi connectivity index (χ4v) is 4.15. The van der Waals surface area contributed by atoms with Crippen LogP contribution < -0.4 is 0 Å². The summed E-state index contributed by atoms with van der Waals surface area (Å²) in [6, 6.07) is 4.07. The lowest BCUT2D eigenvalue weighted by atomic mass is 10.3. The molecule has 32 heavy (non-hydrogen) atoms. The molecule has 0 aliphatic heterocycles. The van der Waals surface area contributed by atoms with Gasteiger partial charge in [-0.15, -0.1) is 0 Å². The predicted molar refractivity (Wildman–Crippen MR) is 106 cm³/mol. The SMILES string of the molecule is CCS(=O)(=O)c1cc(-n2cc(C#N)cn2)cnc1-c1nc2cc(C(F)(F)F)ncc2n1C. The van der Waals surface area contributed by atoms with Crippen molar-refractivity contribution >= 4 is 20.9 Å². The summed E-state index contributed by atoms with van der Waals surface area (Å²) in [7, 11) is -2.28. The third-order valence-corrected chi connectivity index (χ3v) is 6.54. The number of imidazole rings is 1. The number of aromatic nitrogens is 6. The van der Waals surface area contributed by atoms with Gasteiger partial charge >= 0.3 is 6.18 Å². The van der Waals surface area contributed by atoms with Gasteiger partial charge in [0.05, 0.1) is 51.5 Å². The summed E-state index contributed by atoms with van der Waals surface area (Å²) in [5.41, 5.74) is -0.271. The fourth-order valence-electron chi connectivity index (χ4n) is 3.10. The number of alkyl halides is 3. The summed E-state index contributed by atoms with van der Waals surface area (Å²) in [6.07, 6.45) is 0.465. The molecule has 0 bridgehead atoms. The van der Waals surface area contributed by atoms with Gasteiger partial charge in [-0.1, -0.05) is 6.92 Å². The minimum atomic E-state index is -4.64. The Hall–Kier alpha value is -3.79. The van der Waals surface area contributed by atoms with Crippen LogP contribution in [-0.2, 0) is 23.1 Å². The fraction of sp³-hybridized carbons (Fsp3) is 0.211. The Kier molecular flexibility index (Phi) is 4.97. The molecule has 9 nitrogen and oxygen atoms in total. The summed E-state index contributed by atoms with van der Waals surface area (Å²) < 4.78 is 67.5. The largest absolute Gasteiger partial charge is 0.433 e. The molecule has 0 unspecified atom stereocenters. The number of halogens is 3. The number of sulfone groups is 1. The van der Waals surface area contributed by atoms with E-state index in [9.17, 15) is 21.6 Å². The number of fused-ring (bicyclic) bond motifs is 1. The Balaban J connectivity index is 1.94. The lowest BCUT2D eigenvalue weighted by molar-refractivity contribution is -0.141. The standard InChI is InChI=1S/C19H14F3N7O2S/c1-3-32(30,31)15-4-12(29-10-11(6-23)7-26-29)8-25-17(15)18-27-13-5-16(19(20,21)22)24-9-14(13)28(18)2/h4-5,7-10H,3H2,1-2H3. The first-order chi connectivity index (χ1) is 15.0. The van der Waals surface area contributed by atoms with Gasteiger partial charge in [0.15, 0.2) is 15.7 Å². The van der Waals surface area contributed by atoms with Crippen molar-refractivity contribution in [1.82, 2.24) is 29.3 Å². The average molecular weight is 461 g/mol. The van der Waals surface area contributed by atoms with Gasteiger partial charge < -0.3 is 4.57 Å². The highest BCUT2D eigenvalue weighted by Crippen LogP contribution is 2.32. The molecule has 4 heterocycles. The molecule has 0 spiro atoms. The molecule has 0 N–H and O–H groups in total. The molecular formula is C19H14F3N7O2S. The molecule has 0 aliphatic rings. The number of aryl methyl sites for hydroxylation is 1. The van der Waals surface area contributed by atoms with Crippen LogP contribution in [0.15, 0.2) is 41.8 Å². The Bertz CT molecular complexity index is 1500. The second-order valence-corrected chi connectivity index (χ2v) is 9.03. The van der Waals surface area contributed by atoms with Crippen LogP contribution >= 0.6 is 0 Å². The molecule has 0 aliphatic carbocycles. The van der Waals surface area contributed by atoms with E-state index >= 15 is 0 Å². The molecule has 0 aromatic carbocycles. The molecule has 0 saturated carbocycles. The topological polar surface area (TPSA) is 119 Å². The van der Waals surface area contributed by atoms with Gasteiger partial charge in [0.25, 0.3) is 0 Å². The maximum atomic E-state index is 13.0. The van der Waals surface area contributed by atoms with Crippen molar-refractivity contribution in [2.75, 3.05) is 5.75 Å². The third-order valence-electron chi connectivity index (χ3n) is 4.80. The summed E-state index contributed by atoms with van der Waals surface area (Å²) >= 11 is 0. The van der Waals surface area contributed by atoms with E-state index in [4.69, 9.17) is 5.26 Å². The Morgan fingerprint density at radius 3 is 2.53 bits per heavy atom. The maximum absolute atomic E-state index is 13.0. The maximum Gasteiger partial charge on any atom is 0.433 e. The molecule has 4 aromatic rings. The monoisotopic (exact) mass is 461 g/mol. The van der Waals surface area contributed by atoms with Crippen molar-refractivity contribution in [3.05, 3.63) is 48.2 Å². The Labute approximate surface area is 179 Å². The van der Waals surface area contributed by atoms with Crippen LogP contribution in [0.5, 0.6) is 0 Å². The van der Waals surface area contributed by atoms with E-state index in [-0.39, 0.29) is 38.8 Å². The number of nitrogens with zero attached hydrogens (tertiary/aromatic N) is 7. The van der Waals surface area contributed by atoms with Crippen LogP contribution in [0.3, 0.4) is 0 Å². The first-order valence-electron chi connectivity index (χ1n) is 9.13. The second-order valence-electron chi connectivity index (χ2n) is 6.78. The minimum absolute atomic E-state index is 0.00119. The van der Waals surface area contributed by atoms with Gasteiger partial charge in [0, 0.05) is 13.2 Å². The zero-order valence-electron chi connectivity index (χ0n) is 16.7. The lowest BCUT2D eigenvalue weighted by Crippen LogP contribution is -2.10. The number of rotatable bonds is 4. The summed E-state index contributed by atoms with van der Waals surface area (Å²) in [4.78, 5) is 11.7. The summed E-state index contributed by atoms with van der Waals surface area (Å²) in [5, 5.41) is 13.0. The molecule has 0 atom stereocenters. The van der Waals surface area contributed by atoms with Gasteiger partial charge in [-0.05, 0) is 12.1 Å². The molecule has 164 valence electrons. The first kappa shape index (κ1) is 21.4. The quantitative estimate of drug-likeness (QED) is 0.458. The van der Waals surface area contributed by atoms with Gasteiger partial charge in [-0.25, -0.2) is 28.1 Å². The smallest absolute Gasteiger partial charge is 0.324 e. The van der Waals surface area contributed by atoms with Crippen LogP contribution in [0.4, 0.5) is 13.2 Å². The molecular weight excluding hydrogens is 447 g/mol. The Morgan fingerprint density at radius 2 is 1.91 bits per heavy atom. The van der Waals surface area contributed by atoms with E-state index in [0.717, 1.165) is 12.3 Å². The van der Waals surface area contributed by atoms with Crippen LogP contribution in [0.2, 0.25) is 0 Å². The molecule has 0 saturated heterocycles. The predicted octanol–water partition coefficient (Wildman–Crippen LogP) is 2.90. The number of pyridine rings is 2. The number of hydrogen-bond donors (Lipinski definition) is 0. The van der Waals surface area contributed by atoms with Gasteiger partial charge in [0.2, 0.25) is 0 Å². The molecule has 0 radical (unpaired) electrons. The van der Waals surface area contributed by atoms with Crippen molar-refractivity contribution in [2.24, 2.45) is 7.05 Å². The number of nitriles is 1. The molecule has 0 amide bonds. The van der Waals surface area contributed by atoms with Gasteiger partial charge in [0.1, 0.15) is 17.5 Å². The average Bonchev–Trinajstić information content (AvgIpc) is 3.37. The van der Waals surface area contributed by atoms with Crippen LogP contribution in [0.25, 0.3) is 28.2 Å². The van der Waals surface area contributed by atoms with Crippen molar-refractivity contribution in [3.8, 4) is 23.3 Å². The van der Waals surface area contributed by atoms with Gasteiger partial charge in [-0.3, -0.25) is 0 Å². The van der Waals surface area contributed by atoms with E-state index in [1.807, 2.05) is 6.07 Å². The van der Waals surface area contributed by atoms with Crippen molar-refractivity contribution in [2.45, 2.75) is 18.0 Å². The zero-order valence-corrected chi connectivity index (χ0v) is 17.5. The van der Waals surface area contributed by atoms with Gasteiger partial charge in [-0.2, -0.15) is 23.5 Å². The van der Waals surface area contributed by atoms with Crippen molar-refractivity contribution in [1.29, 1.82) is 5.26 Å².